The minimum absolute atomic E-state index is 0.00579. The third-order valence-corrected chi connectivity index (χ3v) is 3.05. The third-order valence-electron chi connectivity index (χ3n) is 3.05. The normalized spacial score (nSPS) is 13.0. The summed E-state index contributed by atoms with van der Waals surface area (Å²) in [4.78, 5) is 0. The first-order valence-electron chi connectivity index (χ1n) is 6.42. The molecule has 0 unspecified atom stereocenters. The second kappa shape index (κ2) is 6.16. The molecule has 0 aromatic heterocycles. The van der Waals surface area contributed by atoms with Crippen LogP contribution in [0.3, 0.4) is 0 Å². The molecule has 2 aromatic rings. The van der Waals surface area contributed by atoms with E-state index in [0.29, 0.717) is 6.07 Å². The van der Waals surface area contributed by atoms with Crippen LogP contribution < -0.4 is 4.74 Å². The van der Waals surface area contributed by atoms with E-state index in [4.69, 9.17) is 0 Å². The van der Waals surface area contributed by atoms with Crippen LogP contribution in [0.15, 0.2) is 42.5 Å². The van der Waals surface area contributed by atoms with Gasteiger partial charge in [-0.3, -0.25) is 0 Å². The molecule has 0 atom stereocenters. The van der Waals surface area contributed by atoms with Crippen LogP contribution >= 0.6 is 0 Å². The molecule has 10 heteroatoms. The third kappa shape index (κ3) is 4.80. The number of ether oxygens (including phenoxy) is 1. The zero-order chi connectivity index (χ0) is 19.0. The molecule has 136 valence electrons. The van der Waals surface area contributed by atoms with Crippen LogP contribution in [0, 0.1) is 0 Å². The smallest absolute Gasteiger partial charge is 0.406 e. The first-order chi connectivity index (χ1) is 11.3. The number of rotatable bonds is 2. The van der Waals surface area contributed by atoms with Gasteiger partial charge in [0.15, 0.2) is 0 Å². The molecule has 0 heterocycles. The van der Waals surface area contributed by atoms with Crippen molar-refractivity contribution in [1.29, 1.82) is 0 Å². The lowest BCUT2D eigenvalue weighted by Gasteiger charge is -2.17. The molecule has 0 spiro atoms. The topological polar surface area (TPSA) is 9.23 Å². The molecule has 0 fully saturated rings. The first kappa shape index (κ1) is 18.9. The van der Waals surface area contributed by atoms with Crippen molar-refractivity contribution in [2.75, 3.05) is 0 Å². The molecule has 0 radical (unpaired) electrons. The van der Waals surface area contributed by atoms with E-state index in [1.807, 2.05) is 0 Å². The minimum Gasteiger partial charge on any atom is -0.406 e. The maximum Gasteiger partial charge on any atom is 0.573 e. The summed E-state index contributed by atoms with van der Waals surface area (Å²) in [5.41, 5.74) is -3.97. The van der Waals surface area contributed by atoms with Gasteiger partial charge >= 0.3 is 18.7 Å². The van der Waals surface area contributed by atoms with Gasteiger partial charge in [-0.1, -0.05) is 18.2 Å². The second-order valence-electron chi connectivity index (χ2n) is 4.83. The Labute approximate surface area is 134 Å². The lowest BCUT2D eigenvalue weighted by molar-refractivity contribution is -0.274. The fraction of sp³-hybridized carbons (Fsp3) is 0.200. The van der Waals surface area contributed by atoms with E-state index < -0.39 is 35.6 Å². The average Bonchev–Trinajstić information content (AvgIpc) is 2.44. The van der Waals surface area contributed by atoms with Crippen LogP contribution in [0.5, 0.6) is 5.75 Å². The van der Waals surface area contributed by atoms with Crippen molar-refractivity contribution in [3.8, 4) is 16.9 Å². The Bertz CT molecular complexity index is 740. The van der Waals surface area contributed by atoms with Crippen molar-refractivity contribution < 1.29 is 44.3 Å². The summed E-state index contributed by atoms with van der Waals surface area (Å²) in [6.07, 6.45) is -15.4. The Morgan fingerprint density at radius 1 is 0.560 bits per heavy atom. The van der Waals surface area contributed by atoms with Crippen molar-refractivity contribution in [1.82, 2.24) is 0 Å². The standard InChI is InChI=1S/C15H7F9O/c16-13(17,18)11-6-3-9(7-12(11)14(19,20)21)8-1-4-10(5-2-8)25-15(22,23)24/h1-7H. The Morgan fingerprint density at radius 2 is 1.04 bits per heavy atom. The van der Waals surface area contributed by atoms with Gasteiger partial charge in [-0.2, -0.15) is 26.3 Å². The van der Waals surface area contributed by atoms with Crippen molar-refractivity contribution in [3.05, 3.63) is 53.6 Å². The zero-order valence-corrected chi connectivity index (χ0v) is 11.9. The molecule has 0 saturated heterocycles. The maximum atomic E-state index is 12.9. The average molecular weight is 374 g/mol. The zero-order valence-electron chi connectivity index (χ0n) is 11.9. The Hall–Kier alpha value is -2.39. The van der Waals surface area contributed by atoms with Gasteiger partial charge in [0.1, 0.15) is 5.75 Å². The Balaban J connectivity index is 2.44. The number of benzene rings is 2. The quantitative estimate of drug-likeness (QED) is 0.562. The van der Waals surface area contributed by atoms with Gasteiger partial charge in [-0.25, -0.2) is 0 Å². The molecular weight excluding hydrogens is 367 g/mol. The maximum absolute atomic E-state index is 12.9. The van der Waals surface area contributed by atoms with Crippen LogP contribution in [-0.4, -0.2) is 6.36 Å². The van der Waals surface area contributed by atoms with Crippen molar-refractivity contribution >= 4 is 0 Å². The second-order valence-corrected chi connectivity index (χ2v) is 4.83. The largest absolute Gasteiger partial charge is 0.573 e. The summed E-state index contributed by atoms with van der Waals surface area (Å²) in [7, 11) is 0. The fourth-order valence-corrected chi connectivity index (χ4v) is 2.05. The van der Waals surface area contributed by atoms with E-state index in [1.165, 1.54) is 0 Å². The molecule has 0 aliphatic carbocycles. The summed E-state index contributed by atoms with van der Waals surface area (Å²) in [5.74, 6) is -0.612. The SMILES string of the molecule is FC(F)(F)Oc1ccc(-c2ccc(C(F)(F)F)c(C(F)(F)F)c2)cc1. The number of hydrogen-bond donors (Lipinski definition) is 0. The molecule has 0 aliphatic rings. The highest BCUT2D eigenvalue weighted by atomic mass is 19.4. The van der Waals surface area contributed by atoms with Gasteiger partial charge in [0.05, 0.1) is 11.1 Å². The monoisotopic (exact) mass is 374 g/mol. The highest BCUT2D eigenvalue weighted by Crippen LogP contribution is 2.42. The van der Waals surface area contributed by atoms with Crippen molar-refractivity contribution in [2.45, 2.75) is 18.7 Å². The molecule has 25 heavy (non-hydrogen) atoms. The molecule has 0 saturated carbocycles. The number of hydrogen-bond acceptors (Lipinski definition) is 1. The lowest BCUT2D eigenvalue weighted by Crippen LogP contribution is -2.17. The molecule has 0 bridgehead atoms. The molecule has 0 N–H and O–H groups in total. The van der Waals surface area contributed by atoms with Crippen LogP contribution in [0.2, 0.25) is 0 Å². The summed E-state index contributed by atoms with van der Waals surface area (Å²) in [5, 5.41) is 0. The molecule has 2 aromatic carbocycles. The minimum atomic E-state index is -5.25. The van der Waals surface area contributed by atoms with E-state index in [9.17, 15) is 39.5 Å². The van der Waals surface area contributed by atoms with Crippen LogP contribution in [-0.2, 0) is 12.4 Å². The van der Waals surface area contributed by atoms with Gasteiger partial charge in [0, 0.05) is 0 Å². The van der Waals surface area contributed by atoms with E-state index >= 15 is 0 Å². The predicted octanol–water partition coefficient (Wildman–Crippen LogP) is 6.29. The fourth-order valence-electron chi connectivity index (χ4n) is 2.05. The molecule has 0 aliphatic heterocycles. The van der Waals surface area contributed by atoms with Gasteiger partial charge < -0.3 is 4.74 Å². The summed E-state index contributed by atoms with van der Waals surface area (Å²) in [6.45, 7) is 0. The van der Waals surface area contributed by atoms with Crippen molar-refractivity contribution in [3.63, 3.8) is 0 Å². The van der Waals surface area contributed by atoms with E-state index in [2.05, 4.69) is 4.74 Å². The van der Waals surface area contributed by atoms with Gasteiger partial charge in [-0.05, 0) is 35.4 Å². The van der Waals surface area contributed by atoms with Crippen LogP contribution in [0.4, 0.5) is 39.5 Å². The highest BCUT2D eigenvalue weighted by Gasteiger charge is 2.43. The van der Waals surface area contributed by atoms with Gasteiger partial charge in [0.2, 0.25) is 0 Å². The Kier molecular flexibility index (Phi) is 4.67. The molecular formula is C15H7F9O. The van der Waals surface area contributed by atoms with Gasteiger partial charge in [-0.15, -0.1) is 13.2 Å². The highest BCUT2D eigenvalue weighted by molar-refractivity contribution is 5.66. The molecule has 1 nitrogen and oxygen atoms in total. The van der Waals surface area contributed by atoms with E-state index in [0.717, 1.165) is 30.3 Å². The van der Waals surface area contributed by atoms with Crippen LogP contribution in [0.1, 0.15) is 11.1 Å². The van der Waals surface area contributed by atoms with E-state index in [1.54, 1.807) is 0 Å². The van der Waals surface area contributed by atoms with Crippen molar-refractivity contribution in [2.24, 2.45) is 0 Å². The number of halogens is 9. The van der Waals surface area contributed by atoms with Gasteiger partial charge in [0.25, 0.3) is 0 Å². The predicted molar refractivity (Wildman–Crippen MR) is 68.6 cm³/mol. The Morgan fingerprint density at radius 3 is 1.48 bits per heavy atom. The lowest BCUT2D eigenvalue weighted by atomic mass is 9.98. The summed E-state index contributed by atoms with van der Waals surface area (Å²) in [6, 6.07) is 5.06. The van der Waals surface area contributed by atoms with E-state index in [-0.39, 0.29) is 17.2 Å². The summed E-state index contributed by atoms with van der Waals surface area (Å²) < 4.78 is 116. The first-order valence-corrected chi connectivity index (χ1v) is 6.42. The summed E-state index contributed by atoms with van der Waals surface area (Å²) >= 11 is 0. The molecule has 0 amide bonds. The van der Waals surface area contributed by atoms with Crippen LogP contribution in [0.25, 0.3) is 11.1 Å². The molecule has 2 rings (SSSR count). The number of alkyl halides is 9.